The molecule has 0 unspecified atom stereocenters. The van der Waals surface area contributed by atoms with Gasteiger partial charge in [0.1, 0.15) is 12.4 Å². The molecule has 3 N–H and O–H groups in total. The van der Waals surface area contributed by atoms with Crippen molar-refractivity contribution in [3.05, 3.63) is 53.0 Å². The third kappa shape index (κ3) is 2.87. The van der Waals surface area contributed by atoms with Gasteiger partial charge in [-0.25, -0.2) is 24.0 Å². The van der Waals surface area contributed by atoms with Crippen LogP contribution in [0.3, 0.4) is 0 Å². The minimum absolute atomic E-state index is 0.175. The first-order valence-corrected chi connectivity index (χ1v) is 5.52. The van der Waals surface area contributed by atoms with Crippen LogP contribution in [0.25, 0.3) is 0 Å². The summed E-state index contributed by atoms with van der Waals surface area (Å²) in [5, 5.41) is 0. The molecule has 2 aromatic rings. The van der Waals surface area contributed by atoms with E-state index in [2.05, 4.69) is 15.1 Å². The van der Waals surface area contributed by atoms with Crippen LogP contribution in [0.2, 0.25) is 0 Å². The van der Waals surface area contributed by atoms with Gasteiger partial charge in [-0.05, 0) is 12.1 Å². The second-order valence-corrected chi connectivity index (χ2v) is 3.85. The van der Waals surface area contributed by atoms with Gasteiger partial charge in [-0.2, -0.15) is 8.78 Å². The summed E-state index contributed by atoms with van der Waals surface area (Å²) in [5.41, 5.74) is 2.40. The second-order valence-electron chi connectivity index (χ2n) is 3.85. The maximum Gasteiger partial charge on any atom is 0.207 e. The average molecular weight is 305 g/mol. The summed E-state index contributed by atoms with van der Waals surface area (Å²) in [6, 6.07) is 4.44. The highest BCUT2D eigenvalue weighted by Gasteiger charge is 2.27. The van der Waals surface area contributed by atoms with Gasteiger partial charge in [0.2, 0.25) is 29.1 Å². The zero-order valence-corrected chi connectivity index (χ0v) is 10.3. The normalized spacial score (nSPS) is 10.6. The molecule has 112 valence electrons. The van der Waals surface area contributed by atoms with Crippen LogP contribution in [0.5, 0.6) is 5.75 Å². The molecule has 0 amide bonds. The average Bonchev–Trinajstić information content (AvgIpc) is 2.51. The number of pyridine rings is 1. The summed E-state index contributed by atoms with van der Waals surface area (Å²) < 4.78 is 70.1. The Morgan fingerprint density at radius 2 is 1.52 bits per heavy atom. The second kappa shape index (κ2) is 5.92. The van der Waals surface area contributed by atoms with Crippen molar-refractivity contribution in [2.24, 2.45) is 5.84 Å². The van der Waals surface area contributed by atoms with E-state index in [9.17, 15) is 22.0 Å². The minimum atomic E-state index is -2.25. The van der Waals surface area contributed by atoms with E-state index in [0.717, 1.165) is 0 Å². The molecular weight excluding hydrogens is 297 g/mol. The fraction of sp³-hybridized carbons (Fsp3) is 0.0833. The molecule has 0 atom stereocenters. The van der Waals surface area contributed by atoms with E-state index in [4.69, 9.17) is 5.84 Å². The maximum atomic E-state index is 13.4. The molecule has 0 aliphatic heterocycles. The van der Waals surface area contributed by atoms with Gasteiger partial charge in [-0.3, -0.25) is 0 Å². The number of aromatic nitrogens is 1. The largest absolute Gasteiger partial charge is 0.481 e. The fourth-order valence-corrected chi connectivity index (χ4v) is 1.50. The van der Waals surface area contributed by atoms with Crippen LogP contribution in [0, 0.1) is 29.1 Å². The van der Waals surface area contributed by atoms with Gasteiger partial charge in [0.15, 0.2) is 5.75 Å². The van der Waals surface area contributed by atoms with E-state index in [-0.39, 0.29) is 11.5 Å². The topological polar surface area (TPSA) is 60.2 Å². The number of halogens is 5. The highest BCUT2D eigenvalue weighted by molar-refractivity contribution is 5.34. The van der Waals surface area contributed by atoms with Gasteiger partial charge < -0.3 is 10.2 Å². The number of nitrogens with one attached hydrogen (secondary N) is 1. The monoisotopic (exact) mass is 305 g/mol. The van der Waals surface area contributed by atoms with Gasteiger partial charge in [-0.15, -0.1) is 0 Å². The minimum Gasteiger partial charge on any atom is -0.481 e. The molecule has 0 aliphatic carbocycles. The lowest BCUT2D eigenvalue weighted by Gasteiger charge is -2.10. The molecule has 0 bridgehead atoms. The lowest BCUT2D eigenvalue weighted by atomic mass is 10.2. The Hall–Kier alpha value is -2.42. The molecule has 2 rings (SSSR count). The number of benzene rings is 1. The van der Waals surface area contributed by atoms with Crippen LogP contribution >= 0.6 is 0 Å². The maximum absolute atomic E-state index is 13.4. The molecule has 0 saturated carbocycles. The summed E-state index contributed by atoms with van der Waals surface area (Å²) in [5.74, 6) is -6.48. The molecule has 9 heteroatoms. The number of nitrogens with two attached hydrogens (primary N) is 1. The van der Waals surface area contributed by atoms with E-state index in [0.29, 0.717) is 0 Å². The van der Waals surface area contributed by atoms with Crippen molar-refractivity contribution < 1.29 is 26.7 Å². The Balaban J connectivity index is 2.28. The zero-order chi connectivity index (χ0) is 15.6. The number of nitrogens with zero attached hydrogens (tertiary/aromatic N) is 1. The van der Waals surface area contributed by atoms with Crippen molar-refractivity contribution in [2.75, 3.05) is 5.43 Å². The summed E-state index contributed by atoms with van der Waals surface area (Å²) in [4.78, 5) is 3.86. The van der Waals surface area contributed by atoms with Gasteiger partial charge in [-0.1, -0.05) is 6.07 Å². The van der Waals surface area contributed by atoms with E-state index >= 15 is 0 Å². The first-order chi connectivity index (χ1) is 9.95. The predicted octanol–water partition coefficient (Wildman–Crippen LogP) is 2.64. The Labute approximate surface area is 115 Å². The molecular formula is C12H8F5N3O. The fourth-order valence-electron chi connectivity index (χ4n) is 1.50. The van der Waals surface area contributed by atoms with Crippen LogP contribution < -0.4 is 16.0 Å². The van der Waals surface area contributed by atoms with Gasteiger partial charge >= 0.3 is 0 Å². The van der Waals surface area contributed by atoms with E-state index in [1.807, 2.05) is 0 Å². The van der Waals surface area contributed by atoms with Crippen molar-refractivity contribution in [3.8, 4) is 5.75 Å². The molecule has 0 fully saturated rings. The molecule has 0 radical (unpaired) electrons. The molecule has 4 nitrogen and oxygen atoms in total. The standard InChI is InChI=1S/C12H8F5N3O/c13-7-8(14)10(16)12(11(17)9(7)15)21-4-5-2-1-3-6(19-5)20-18/h1-3H,4,18H2,(H,19,20). The quantitative estimate of drug-likeness (QED) is 0.300. The van der Waals surface area contributed by atoms with Crippen molar-refractivity contribution in [1.29, 1.82) is 0 Å². The van der Waals surface area contributed by atoms with Gasteiger partial charge in [0.05, 0.1) is 5.69 Å². The summed E-state index contributed by atoms with van der Waals surface area (Å²) in [6.07, 6.45) is 0. The van der Waals surface area contributed by atoms with Crippen LogP contribution in [0.4, 0.5) is 27.8 Å². The van der Waals surface area contributed by atoms with Crippen molar-refractivity contribution >= 4 is 5.82 Å². The number of nitrogen functional groups attached to an aromatic ring is 1. The Morgan fingerprint density at radius 1 is 0.952 bits per heavy atom. The van der Waals surface area contributed by atoms with E-state index in [1.54, 1.807) is 0 Å². The number of anilines is 1. The smallest absolute Gasteiger partial charge is 0.207 e. The number of ether oxygens (including phenoxy) is 1. The van der Waals surface area contributed by atoms with Crippen molar-refractivity contribution in [3.63, 3.8) is 0 Å². The third-order valence-electron chi connectivity index (χ3n) is 2.49. The molecule has 1 heterocycles. The lowest BCUT2D eigenvalue weighted by molar-refractivity contribution is 0.250. The first-order valence-electron chi connectivity index (χ1n) is 5.52. The Kier molecular flexibility index (Phi) is 4.22. The number of hydrogen-bond acceptors (Lipinski definition) is 4. The Morgan fingerprint density at radius 3 is 2.10 bits per heavy atom. The van der Waals surface area contributed by atoms with Crippen LogP contribution in [0.1, 0.15) is 5.69 Å². The number of hydrogen-bond donors (Lipinski definition) is 2. The predicted molar refractivity (Wildman–Crippen MR) is 62.6 cm³/mol. The number of rotatable bonds is 4. The molecule has 21 heavy (non-hydrogen) atoms. The van der Waals surface area contributed by atoms with Crippen LogP contribution in [-0.2, 0) is 6.61 Å². The SMILES string of the molecule is NNc1cccc(COc2c(F)c(F)c(F)c(F)c2F)n1. The van der Waals surface area contributed by atoms with Crippen molar-refractivity contribution in [1.82, 2.24) is 4.98 Å². The number of hydrazine groups is 1. The molecule has 1 aromatic heterocycles. The van der Waals surface area contributed by atoms with E-state index in [1.165, 1.54) is 18.2 Å². The molecule has 0 saturated heterocycles. The summed E-state index contributed by atoms with van der Waals surface area (Å²) >= 11 is 0. The summed E-state index contributed by atoms with van der Waals surface area (Å²) in [7, 11) is 0. The molecule has 0 spiro atoms. The van der Waals surface area contributed by atoms with Crippen molar-refractivity contribution in [2.45, 2.75) is 6.61 Å². The highest BCUT2D eigenvalue weighted by atomic mass is 19.2. The lowest BCUT2D eigenvalue weighted by Crippen LogP contribution is -2.11. The first kappa shape index (κ1) is 15.0. The van der Waals surface area contributed by atoms with Crippen LogP contribution in [-0.4, -0.2) is 4.98 Å². The highest BCUT2D eigenvalue weighted by Crippen LogP contribution is 2.29. The summed E-state index contributed by atoms with van der Waals surface area (Å²) in [6.45, 7) is -0.506. The zero-order valence-electron chi connectivity index (χ0n) is 10.3. The Bertz CT molecular complexity index is 651. The van der Waals surface area contributed by atoms with Gasteiger partial charge in [0.25, 0.3) is 0 Å². The third-order valence-corrected chi connectivity index (χ3v) is 2.49. The molecule has 0 aliphatic rings. The van der Waals surface area contributed by atoms with E-state index < -0.39 is 41.4 Å². The molecule has 1 aromatic carbocycles. The van der Waals surface area contributed by atoms with Crippen LogP contribution in [0.15, 0.2) is 18.2 Å². The van der Waals surface area contributed by atoms with Gasteiger partial charge in [0, 0.05) is 0 Å².